The number of carbonyl (C=O) groups is 1. The monoisotopic (exact) mass is 366 g/mol. The molecule has 1 aromatic rings. The molecule has 1 unspecified atom stereocenters. The fourth-order valence-corrected chi connectivity index (χ4v) is 8.03. The number of aliphatic hydroxyl groups is 1. The topological polar surface area (TPSA) is 37.3 Å². The average molecular weight is 367 g/mol. The highest BCUT2D eigenvalue weighted by atomic mass is 16.3. The lowest BCUT2D eigenvalue weighted by molar-refractivity contribution is -0.155. The van der Waals surface area contributed by atoms with Crippen LogP contribution in [0.5, 0.6) is 0 Å². The quantitative estimate of drug-likeness (QED) is 0.714. The van der Waals surface area contributed by atoms with E-state index < -0.39 is 5.60 Å². The van der Waals surface area contributed by atoms with Crippen LogP contribution in [0, 0.1) is 34.5 Å². The summed E-state index contributed by atoms with van der Waals surface area (Å²) in [6.07, 6.45) is 9.69. The Hall–Kier alpha value is -1.15. The Morgan fingerprint density at radius 3 is 2.48 bits per heavy atom. The summed E-state index contributed by atoms with van der Waals surface area (Å²) in [7, 11) is 0. The molecule has 0 spiro atoms. The van der Waals surface area contributed by atoms with Crippen LogP contribution in [0.25, 0.3) is 0 Å². The van der Waals surface area contributed by atoms with Crippen molar-refractivity contribution in [2.45, 2.75) is 77.2 Å². The molecule has 4 saturated carbocycles. The Labute approximate surface area is 163 Å². The Balaban J connectivity index is 1.42. The lowest BCUT2D eigenvalue weighted by Gasteiger charge is -2.61. The molecule has 0 saturated heterocycles. The van der Waals surface area contributed by atoms with Crippen molar-refractivity contribution in [1.29, 1.82) is 0 Å². The summed E-state index contributed by atoms with van der Waals surface area (Å²) in [5.41, 5.74) is 0.776. The SMILES string of the molecule is C[C@]12CC[C@](O)(c3ccccc3)CC1CC[C@@H]1[C@@H]2CC[C@]2(C)C(=O)CC[C@@H]12. The van der Waals surface area contributed by atoms with Gasteiger partial charge in [-0.15, -0.1) is 0 Å². The van der Waals surface area contributed by atoms with Crippen LogP contribution < -0.4 is 0 Å². The Morgan fingerprint density at radius 1 is 0.926 bits per heavy atom. The van der Waals surface area contributed by atoms with Gasteiger partial charge in [0, 0.05) is 11.8 Å². The van der Waals surface area contributed by atoms with Crippen molar-refractivity contribution < 1.29 is 9.90 Å². The molecule has 0 radical (unpaired) electrons. The summed E-state index contributed by atoms with van der Waals surface area (Å²) < 4.78 is 0. The smallest absolute Gasteiger partial charge is 0.139 e. The van der Waals surface area contributed by atoms with E-state index >= 15 is 0 Å². The van der Waals surface area contributed by atoms with Crippen molar-refractivity contribution in [2.75, 3.05) is 0 Å². The molecule has 4 aliphatic carbocycles. The molecule has 5 rings (SSSR count). The zero-order valence-corrected chi connectivity index (χ0v) is 16.9. The predicted molar refractivity (Wildman–Crippen MR) is 107 cm³/mol. The van der Waals surface area contributed by atoms with Gasteiger partial charge in [-0.25, -0.2) is 0 Å². The fraction of sp³-hybridized carbons (Fsp3) is 0.720. The van der Waals surface area contributed by atoms with E-state index in [9.17, 15) is 9.90 Å². The maximum atomic E-state index is 12.6. The Morgan fingerprint density at radius 2 is 1.70 bits per heavy atom. The lowest BCUT2D eigenvalue weighted by Crippen LogP contribution is -2.55. The predicted octanol–water partition coefficient (Wildman–Crippen LogP) is 5.49. The van der Waals surface area contributed by atoms with E-state index in [1.165, 1.54) is 19.3 Å². The molecular formula is C25H34O2. The molecular weight excluding hydrogens is 332 g/mol. The standard InChI is InChI=1S/C25H34O2/c1-23-14-15-25(27,17-6-4-3-5-7-17)16-18(23)8-9-19-20-10-11-22(26)24(20,2)13-12-21(19)23/h3-7,18-21,27H,8-16H2,1-2H3/t18?,19-,20-,21-,23-,24-,25+/m0/s1. The van der Waals surface area contributed by atoms with Crippen LogP contribution in [0.1, 0.15) is 77.2 Å². The first-order chi connectivity index (χ1) is 12.9. The van der Waals surface area contributed by atoms with Crippen molar-refractivity contribution >= 4 is 5.78 Å². The van der Waals surface area contributed by atoms with Crippen molar-refractivity contribution in [3.05, 3.63) is 35.9 Å². The third kappa shape index (κ3) is 2.44. The molecule has 0 heterocycles. The van der Waals surface area contributed by atoms with E-state index in [1.54, 1.807) is 0 Å². The van der Waals surface area contributed by atoms with Gasteiger partial charge < -0.3 is 5.11 Å². The van der Waals surface area contributed by atoms with Crippen LogP contribution in [0.3, 0.4) is 0 Å². The first kappa shape index (κ1) is 17.9. The molecule has 4 aliphatic rings. The molecule has 27 heavy (non-hydrogen) atoms. The molecule has 0 aliphatic heterocycles. The second-order valence-corrected chi connectivity index (χ2v) is 10.7. The van der Waals surface area contributed by atoms with Crippen molar-refractivity contribution in [2.24, 2.45) is 34.5 Å². The molecule has 0 amide bonds. The van der Waals surface area contributed by atoms with Gasteiger partial charge in [0.1, 0.15) is 5.78 Å². The fourth-order valence-electron chi connectivity index (χ4n) is 8.03. The number of hydrogen-bond acceptors (Lipinski definition) is 2. The van der Waals surface area contributed by atoms with E-state index in [4.69, 9.17) is 0 Å². The number of ketones is 1. The third-order valence-electron chi connectivity index (χ3n) is 9.75. The number of Topliss-reactive ketones (excluding diaryl/α,β-unsaturated/α-hetero) is 1. The molecule has 146 valence electrons. The lowest BCUT2D eigenvalue weighted by atomic mass is 9.44. The second-order valence-electron chi connectivity index (χ2n) is 10.7. The first-order valence-electron chi connectivity index (χ1n) is 11.2. The molecule has 4 fully saturated rings. The van der Waals surface area contributed by atoms with Gasteiger partial charge in [-0.05, 0) is 86.0 Å². The molecule has 2 heteroatoms. The van der Waals surface area contributed by atoms with E-state index in [2.05, 4.69) is 38.1 Å². The molecule has 1 aromatic carbocycles. The van der Waals surface area contributed by atoms with E-state index in [0.717, 1.165) is 55.9 Å². The third-order valence-corrected chi connectivity index (χ3v) is 9.75. The first-order valence-corrected chi connectivity index (χ1v) is 11.2. The van der Waals surface area contributed by atoms with Gasteiger partial charge in [0.05, 0.1) is 5.60 Å². The van der Waals surface area contributed by atoms with E-state index in [0.29, 0.717) is 23.0 Å². The number of hydrogen-bond donors (Lipinski definition) is 1. The summed E-state index contributed by atoms with van der Waals surface area (Å²) in [5.74, 6) is 3.26. The number of fused-ring (bicyclic) bond motifs is 5. The zero-order valence-electron chi connectivity index (χ0n) is 16.9. The molecule has 0 aromatic heterocycles. The summed E-state index contributed by atoms with van der Waals surface area (Å²) in [4.78, 5) is 12.6. The highest BCUT2D eigenvalue weighted by molar-refractivity contribution is 5.87. The minimum absolute atomic E-state index is 0.0240. The Kier molecular flexibility index (Phi) is 3.93. The van der Waals surface area contributed by atoms with Crippen molar-refractivity contribution in [1.82, 2.24) is 0 Å². The highest BCUT2D eigenvalue weighted by Gasteiger charge is 2.61. The van der Waals surface area contributed by atoms with Crippen LogP contribution in [0.2, 0.25) is 0 Å². The summed E-state index contributed by atoms with van der Waals surface area (Å²) in [6, 6.07) is 10.3. The normalized spacial score (nSPS) is 49.2. The highest BCUT2D eigenvalue weighted by Crippen LogP contribution is 2.66. The van der Waals surface area contributed by atoms with Gasteiger partial charge in [-0.3, -0.25) is 4.79 Å². The van der Waals surface area contributed by atoms with Gasteiger partial charge in [0.15, 0.2) is 0 Å². The van der Waals surface area contributed by atoms with Crippen molar-refractivity contribution in [3.8, 4) is 0 Å². The summed E-state index contributed by atoms with van der Waals surface area (Å²) in [5, 5.41) is 11.5. The van der Waals surface area contributed by atoms with Crippen LogP contribution >= 0.6 is 0 Å². The van der Waals surface area contributed by atoms with Gasteiger partial charge in [0.25, 0.3) is 0 Å². The number of carbonyl (C=O) groups excluding carboxylic acids is 1. The van der Waals surface area contributed by atoms with Gasteiger partial charge >= 0.3 is 0 Å². The van der Waals surface area contributed by atoms with Crippen LogP contribution in [0.15, 0.2) is 30.3 Å². The van der Waals surface area contributed by atoms with Crippen molar-refractivity contribution in [3.63, 3.8) is 0 Å². The minimum atomic E-state index is -0.648. The summed E-state index contributed by atoms with van der Waals surface area (Å²) in [6.45, 7) is 4.80. The molecule has 1 N–H and O–H groups in total. The van der Waals surface area contributed by atoms with Crippen LogP contribution in [-0.2, 0) is 10.4 Å². The molecule has 7 atom stereocenters. The van der Waals surface area contributed by atoms with E-state index in [1.807, 2.05) is 6.07 Å². The van der Waals surface area contributed by atoms with Gasteiger partial charge in [-0.2, -0.15) is 0 Å². The summed E-state index contributed by atoms with van der Waals surface area (Å²) >= 11 is 0. The largest absolute Gasteiger partial charge is 0.385 e. The number of benzene rings is 1. The van der Waals surface area contributed by atoms with Gasteiger partial charge in [-0.1, -0.05) is 44.2 Å². The molecule has 2 nitrogen and oxygen atoms in total. The average Bonchev–Trinajstić information content (AvgIpc) is 2.98. The minimum Gasteiger partial charge on any atom is -0.385 e. The maximum absolute atomic E-state index is 12.6. The van der Waals surface area contributed by atoms with E-state index in [-0.39, 0.29) is 5.41 Å². The second kappa shape index (κ2) is 5.92. The van der Waals surface area contributed by atoms with Gasteiger partial charge in [0.2, 0.25) is 0 Å². The number of rotatable bonds is 1. The Bertz CT molecular complexity index is 742. The molecule has 0 bridgehead atoms. The zero-order chi connectivity index (χ0) is 18.9. The van der Waals surface area contributed by atoms with Crippen LogP contribution in [0.4, 0.5) is 0 Å². The maximum Gasteiger partial charge on any atom is 0.139 e. The van der Waals surface area contributed by atoms with Crippen LogP contribution in [-0.4, -0.2) is 10.9 Å².